The first-order chi connectivity index (χ1) is 9.24. The zero-order chi connectivity index (χ0) is 13.5. The molecule has 0 radical (unpaired) electrons. The molecule has 4 nitrogen and oxygen atoms in total. The summed E-state index contributed by atoms with van der Waals surface area (Å²) in [6, 6.07) is 9.53. The van der Waals surface area contributed by atoms with E-state index in [1.165, 1.54) is 0 Å². The fraction of sp³-hybridized carbons (Fsp3) is 0.286. The predicted octanol–water partition coefficient (Wildman–Crippen LogP) is 2.93. The van der Waals surface area contributed by atoms with Gasteiger partial charge in [0.1, 0.15) is 0 Å². The molecule has 0 bridgehead atoms. The van der Waals surface area contributed by atoms with Gasteiger partial charge in [-0.25, -0.2) is 0 Å². The highest BCUT2D eigenvalue weighted by Crippen LogP contribution is 2.18. The van der Waals surface area contributed by atoms with Crippen LogP contribution < -0.4 is 5.32 Å². The van der Waals surface area contributed by atoms with E-state index in [0.29, 0.717) is 6.42 Å². The van der Waals surface area contributed by atoms with Crippen molar-refractivity contribution in [3.63, 3.8) is 0 Å². The van der Waals surface area contributed by atoms with Crippen LogP contribution in [0.5, 0.6) is 0 Å². The number of aryl methyl sites for hydroxylation is 1. The van der Waals surface area contributed by atoms with Crippen LogP contribution >= 0.6 is 11.8 Å². The summed E-state index contributed by atoms with van der Waals surface area (Å²) in [6.45, 7) is 0. The molecule has 100 valence electrons. The molecule has 1 aromatic heterocycles. The van der Waals surface area contributed by atoms with E-state index in [1.54, 1.807) is 16.4 Å². The number of anilines is 1. The summed E-state index contributed by atoms with van der Waals surface area (Å²) in [6.07, 6.45) is 5.23. The Morgan fingerprint density at radius 3 is 2.84 bits per heavy atom. The molecule has 19 heavy (non-hydrogen) atoms. The fourth-order valence-electron chi connectivity index (χ4n) is 1.64. The van der Waals surface area contributed by atoms with Gasteiger partial charge in [-0.05, 0) is 24.3 Å². The van der Waals surface area contributed by atoms with Gasteiger partial charge in [-0.15, -0.1) is 11.8 Å². The minimum Gasteiger partial charge on any atom is -0.326 e. The molecule has 1 N–H and O–H groups in total. The maximum Gasteiger partial charge on any atom is 0.224 e. The van der Waals surface area contributed by atoms with Crippen LogP contribution in [0.4, 0.5) is 5.69 Å². The molecule has 0 atom stereocenters. The maximum atomic E-state index is 11.7. The Kier molecular flexibility index (Phi) is 5.03. The summed E-state index contributed by atoms with van der Waals surface area (Å²) in [5, 5.41) is 6.98. The monoisotopic (exact) mass is 275 g/mol. The summed E-state index contributed by atoms with van der Waals surface area (Å²) in [4.78, 5) is 12.8. The van der Waals surface area contributed by atoms with Gasteiger partial charge in [-0.3, -0.25) is 9.48 Å². The van der Waals surface area contributed by atoms with Gasteiger partial charge in [0.25, 0.3) is 0 Å². The van der Waals surface area contributed by atoms with E-state index in [9.17, 15) is 4.79 Å². The van der Waals surface area contributed by atoms with Crippen molar-refractivity contribution in [2.24, 2.45) is 7.05 Å². The zero-order valence-electron chi connectivity index (χ0n) is 10.9. The van der Waals surface area contributed by atoms with Gasteiger partial charge in [0.2, 0.25) is 5.91 Å². The van der Waals surface area contributed by atoms with Crippen molar-refractivity contribution in [1.29, 1.82) is 0 Å². The van der Waals surface area contributed by atoms with E-state index in [2.05, 4.69) is 10.4 Å². The lowest BCUT2D eigenvalue weighted by molar-refractivity contribution is -0.116. The maximum absolute atomic E-state index is 11.7. The van der Waals surface area contributed by atoms with Crippen LogP contribution in [0, 0.1) is 0 Å². The topological polar surface area (TPSA) is 46.9 Å². The van der Waals surface area contributed by atoms with Crippen LogP contribution in [0.1, 0.15) is 12.8 Å². The van der Waals surface area contributed by atoms with Gasteiger partial charge >= 0.3 is 0 Å². The van der Waals surface area contributed by atoms with Gasteiger partial charge in [0.05, 0.1) is 6.20 Å². The van der Waals surface area contributed by atoms with E-state index < -0.39 is 0 Å². The molecular formula is C14H17N3OS. The molecule has 0 aliphatic carbocycles. The average molecular weight is 275 g/mol. The van der Waals surface area contributed by atoms with Gasteiger partial charge in [0, 0.05) is 30.2 Å². The third kappa shape index (κ3) is 4.79. The number of hydrogen-bond donors (Lipinski definition) is 1. The molecule has 5 heteroatoms. The Morgan fingerprint density at radius 1 is 1.37 bits per heavy atom. The second kappa shape index (κ2) is 6.99. The molecular weight excluding hydrogens is 258 g/mol. The standard InChI is InChI=1S/C14H17N3OS/c1-17-11-13(10-15-17)19-9-5-8-14(18)16-12-6-3-2-4-7-12/h2-4,6-7,10-11H,5,8-9H2,1H3,(H,16,18). The fourth-order valence-corrected chi connectivity index (χ4v) is 2.51. The molecule has 0 saturated heterocycles. The summed E-state index contributed by atoms with van der Waals surface area (Å²) >= 11 is 1.73. The number of hydrogen-bond acceptors (Lipinski definition) is 3. The highest BCUT2D eigenvalue weighted by Gasteiger charge is 2.02. The number of carbonyl (C=O) groups is 1. The van der Waals surface area contributed by atoms with Crippen LogP contribution in [-0.2, 0) is 11.8 Å². The smallest absolute Gasteiger partial charge is 0.224 e. The Labute approximate surface area is 117 Å². The molecule has 0 aliphatic heterocycles. The van der Waals surface area contributed by atoms with Crippen LogP contribution in [0.25, 0.3) is 0 Å². The molecule has 1 amide bonds. The first-order valence-corrected chi connectivity index (χ1v) is 7.19. The van der Waals surface area contributed by atoms with Crippen molar-refractivity contribution < 1.29 is 4.79 Å². The zero-order valence-corrected chi connectivity index (χ0v) is 11.7. The van der Waals surface area contributed by atoms with Crippen molar-refractivity contribution >= 4 is 23.4 Å². The van der Waals surface area contributed by atoms with Crippen LogP contribution in [-0.4, -0.2) is 21.4 Å². The Bertz CT molecular complexity index is 524. The highest BCUT2D eigenvalue weighted by atomic mass is 32.2. The number of rotatable bonds is 6. The van der Waals surface area contributed by atoms with Gasteiger partial charge in [-0.2, -0.15) is 5.10 Å². The van der Waals surface area contributed by atoms with E-state index in [1.807, 2.05) is 49.8 Å². The third-order valence-electron chi connectivity index (χ3n) is 2.56. The quantitative estimate of drug-likeness (QED) is 0.651. The van der Waals surface area contributed by atoms with E-state index in [4.69, 9.17) is 0 Å². The second-order valence-corrected chi connectivity index (χ2v) is 5.38. The summed E-state index contributed by atoms with van der Waals surface area (Å²) in [7, 11) is 1.90. The molecule has 0 unspecified atom stereocenters. The van der Waals surface area contributed by atoms with E-state index in [-0.39, 0.29) is 5.91 Å². The molecule has 0 saturated carbocycles. The van der Waals surface area contributed by atoms with E-state index >= 15 is 0 Å². The van der Waals surface area contributed by atoms with Crippen LogP contribution in [0.15, 0.2) is 47.6 Å². The number of aromatic nitrogens is 2. The largest absolute Gasteiger partial charge is 0.326 e. The Morgan fingerprint density at radius 2 is 2.16 bits per heavy atom. The number of benzene rings is 1. The lowest BCUT2D eigenvalue weighted by atomic mass is 10.3. The Balaban J connectivity index is 1.64. The summed E-state index contributed by atoms with van der Waals surface area (Å²) in [5.74, 6) is 0.992. The van der Waals surface area contributed by atoms with Crippen molar-refractivity contribution in [1.82, 2.24) is 9.78 Å². The number of nitrogens with one attached hydrogen (secondary N) is 1. The van der Waals surface area contributed by atoms with Crippen molar-refractivity contribution in [3.8, 4) is 0 Å². The molecule has 1 heterocycles. The minimum absolute atomic E-state index is 0.0676. The van der Waals surface area contributed by atoms with Gasteiger partial charge in [0.15, 0.2) is 0 Å². The van der Waals surface area contributed by atoms with Crippen molar-refractivity contribution in [2.75, 3.05) is 11.1 Å². The third-order valence-corrected chi connectivity index (χ3v) is 3.59. The van der Waals surface area contributed by atoms with Crippen molar-refractivity contribution in [2.45, 2.75) is 17.7 Å². The minimum atomic E-state index is 0.0676. The first kappa shape index (κ1) is 13.7. The van der Waals surface area contributed by atoms with Crippen LogP contribution in [0.3, 0.4) is 0 Å². The summed E-state index contributed by atoms with van der Waals surface area (Å²) in [5.41, 5.74) is 0.854. The van der Waals surface area contributed by atoms with Crippen molar-refractivity contribution in [3.05, 3.63) is 42.7 Å². The second-order valence-electron chi connectivity index (χ2n) is 4.22. The molecule has 0 aliphatic rings. The first-order valence-electron chi connectivity index (χ1n) is 6.20. The van der Waals surface area contributed by atoms with Crippen LogP contribution in [0.2, 0.25) is 0 Å². The number of para-hydroxylation sites is 1. The predicted molar refractivity (Wildman–Crippen MR) is 78.2 cm³/mol. The SMILES string of the molecule is Cn1cc(SCCCC(=O)Nc2ccccc2)cn1. The molecule has 1 aromatic carbocycles. The average Bonchev–Trinajstić information content (AvgIpc) is 2.82. The lowest BCUT2D eigenvalue weighted by Crippen LogP contribution is -2.11. The number of amides is 1. The summed E-state index contributed by atoms with van der Waals surface area (Å²) < 4.78 is 1.78. The molecule has 0 spiro atoms. The molecule has 2 rings (SSSR count). The highest BCUT2D eigenvalue weighted by molar-refractivity contribution is 7.99. The normalized spacial score (nSPS) is 10.4. The number of nitrogens with zero attached hydrogens (tertiary/aromatic N) is 2. The van der Waals surface area contributed by atoms with Gasteiger partial charge < -0.3 is 5.32 Å². The van der Waals surface area contributed by atoms with Gasteiger partial charge in [-0.1, -0.05) is 18.2 Å². The Hall–Kier alpha value is -1.75. The van der Waals surface area contributed by atoms with E-state index in [0.717, 1.165) is 22.8 Å². The lowest BCUT2D eigenvalue weighted by Gasteiger charge is -2.04. The number of thioether (sulfide) groups is 1. The molecule has 0 fully saturated rings. The molecule has 2 aromatic rings. The number of carbonyl (C=O) groups excluding carboxylic acids is 1.